The Kier molecular flexibility index (Phi) is 9.86. The van der Waals surface area contributed by atoms with Gasteiger partial charge in [-0.25, -0.2) is 9.97 Å². The summed E-state index contributed by atoms with van der Waals surface area (Å²) in [6, 6.07) is 1.85. The Bertz CT molecular complexity index is 530. The molecule has 1 fully saturated rings. The predicted molar refractivity (Wildman–Crippen MR) is 110 cm³/mol. The van der Waals surface area contributed by atoms with Crippen LogP contribution in [-0.2, 0) is 4.74 Å². The summed E-state index contributed by atoms with van der Waals surface area (Å²) >= 11 is 0. The normalized spacial score (nSPS) is 16.0. The summed E-state index contributed by atoms with van der Waals surface area (Å²) in [5, 5.41) is 6.67. The highest BCUT2D eigenvalue weighted by molar-refractivity contribution is 5.79. The van der Waals surface area contributed by atoms with E-state index in [-0.39, 0.29) is 0 Å². The maximum Gasteiger partial charge on any atom is 0.225 e. The molecule has 152 valence electrons. The fourth-order valence-electron chi connectivity index (χ4n) is 2.84. The Labute approximate surface area is 163 Å². The Balaban J connectivity index is 1.53. The fourth-order valence-corrected chi connectivity index (χ4v) is 2.84. The van der Waals surface area contributed by atoms with E-state index in [0.717, 1.165) is 70.7 Å². The average molecular weight is 378 g/mol. The smallest absolute Gasteiger partial charge is 0.225 e. The lowest BCUT2D eigenvalue weighted by molar-refractivity contribution is 0.128. The molecular weight excluding hydrogens is 342 g/mol. The van der Waals surface area contributed by atoms with E-state index in [9.17, 15) is 0 Å². The molecule has 0 atom stereocenters. The molecule has 1 aliphatic heterocycles. The minimum atomic E-state index is 0.689. The highest BCUT2D eigenvalue weighted by atomic mass is 16.5. The van der Waals surface area contributed by atoms with Crippen LogP contribution in [0.1, 0.15) is 20.3 Å². The van der Waals surface area contributed by atoms with Gasteiger partial charge in [0, 0.05) is 71.9 Å². The van der Waals surface area contributed by atoms with Gasteiger partial charge in [0.05, 0.1) is 6.61 Å². The van der Waals surface area contributed by atoms with Gasteiger partial charge in [-0.15, -0.1) is 0 Å². The third-order valence-corrected chi connectivity index (χ3v) is 4.53. The van der Waals surface area contributed by atoms with Gasteiger partial charge in [-0.2, -0.15) is 0 Å². The molecule has 2 heterocycles. The SMILES string of the molecule is CN=C(NCCOCCC(C)C)NCCN1CCN(c2ncccn2)CC1. The van der Waals surface area contributed by atoms with E-state index in [1.165, 1.54) is 0 Å². The second-order valence-electron chi connectivity index (χ2n) is 7.10. The molecule has 0 spiro atoms. The Morgan fingerprint density at radius 3 is 2.48 bits per heavy atom. The van der Waals surface area contributed by atoms with E-state index in [1.807, 2.05) is 6.07 Å². The van der Waals surface area contributed by atoms with Gasteiger partial charge < -0.3 is 20.3 Å². The summed E-state index contributed by atoms with van der Waals surface area (Å²) in [7, 11) is 1.80. The number of anilines is 1. The third kappa shape index (κ3) is 8.53. The van der Waals surface area contributed by atoms with Crippen molar-refractivity contribution in [1.82, 2.24) is 25.5 Å². The topological polar surface area (TPSA) is 77.9 Å². The highest BCUT2D eigenvalue weighted by Gasteiger charge is 2.18. The summed E-state index contributed by atoms with van der Waals surface area (Å²) < 4.78 is 5.62. The van der Waals surface area contributed by atoms with Crippen LogP contribution in [-0.4, -0.2) is 86.9 Å². The first-order valence-electron chi connectivity index (χ1n) is 9.95. The number of nitrogens with zero attached hydrogens (tertiary/aromatic N) is 5. The summed E-state index contributed by atoms with van der Waals surface area (Å²) in [5.41, 5.74) is 0. The highest BCUT2D eigenvalue weighted by Crippen LogP contribution is 2.08. The Morgan fingerprint density at radius 2 is 1.81 bits per heavy atom. The minimum Gasteiger partial charge on any atom is -0.380 e. The van der Waals surface area contributed by atoms with Gasteiger partial charge in [0.1, 0.15) is 0 Å². The molecule has 2 rings (SSSR count). The van der Waals surface area contributed by atoms with Crippen molar-refractivity contribution < 1.29 is 4.74 Å². The minimum absolute atomic E-state index is 0.689. The van der Waals surface area contributed by atoms with Gasteiger partial charge in [0.2, 0.25) is 5.95 Å². The molecule has 27 heavy (non-hydrogen) atoms. The maximum atomic E-state index is 5.62. The second kappa shape index (κ2) is 12.5. The van der Waals surface area contributed by atoms with E-state index in [2.05, 4.69) is 49.2 Å². The molecule has 8 heteroatoms. The molecule has 0 radical (unpaired) electrons. The molecule has 0 unspecified atom stereocenters. The largest absolute Gasteiger partial charge is 0.380 e. The molecule has 0 aliphatic carbocycles. The lowest BCUT2D eigenvalue weighted by Gasteiger charge is -2.34. The van der Waals surface area contributed by atoms with Gasteiger partial charge in [-0.1, -0.05) is 13.8 Å². The molecule has 0 bridgehead atoms. The summed E-state index contributed by atoms with van der Waals surface area (Å²) in [5.74, 6) is 2.35. The van der Waals surface area contributed by atoms with Crippen molar-refractivity contribution in [2.24, 2.45) is 10.9 Å². The lowest BCUT2D eigenvalue weighted by atomic mass is 10.1. The first kappa shape index (κ1) is 21.4. The van der Waals surface area contributed by atoms with Crippen LogP contribution < -0.4 is 15.5 Å². The van der Waals surface area contributed by atoms with Gasteiger partial charge in [0.25, 0.3) is 0 Å². The zero-order chi connectivity index (χ0) is 19.3. The van der Waals surface area contributed by atoms with Crippen LogP contribution in [0.25, 0.3) is 0 Å². The average Bonchev–Trinajstić information content (AvgIpc) is 2.70. The fraction of sp³-hybridized carbons (Fsp3) is 0.737. The molecule has 0 aromatic carbocycles. The monoisotopic (exact) mass is 377 g/mol. The molecule has 1 aromatic rings. The third-order valence-electron chi connectivity index (χ3n) is 4.53. The van der Waals surface area contributed by atoms with E-state index >= 15 is 0 Å². The van der Waals surface area contributed by atoms with Crippen molar-refractivity contribution in [1.29, 1.82) is 0 Å². The van der Waals surface area contributed by atoms with Crippen molar-refractivity contribution >= 4 is 11.9 Å². The maximum absolute atomic E-state index is 5.62. The summed E-state index contributed by atoms with van der Waals surface area (Å²) in [6.45, 7) is 12.6. The number of aliphatic imine (C=N–C) groups is 1. The number of rotatable bonds is 10. The first-order valence-corrected chi connectivity index (χ1v) is 9.95. The summed E-state index contributed by atoms with van der Waals surface area (Å²) in [4.78, 5) is 17.6. The Morgan fingerprint density at radius 1 is 1.11 bits per heavy atom. The van der Waals surface area contributed by atoms with Crippen LogP contribution in [0.2, 0.25) is 0 Å². The Hall–Kier alpha value is -1.93. The van der Waals surface area contributed by atoms with Crippen LogP contribution in [0, 0.1) is 5.92 Å². The van der Waals surface area contributed by atoms with E-state index < -0.39 is 0 Å². The van der Waals surface area contributed by atoms with Crippen LogP contribution in [0.3, 0.4) is 0 Å². The van der Waals surface area contributed by atoms with E-state index in [0.29, 0.717) is 12.5 Å². The molecule has 8 nitrogen and oxygen atoms in total. The van der Waals surface area contributed by atoms with Crippen LogP contribution in [0.4, 0.5) is 5.95 Å². The van der Waals surface area contributed by atoms with Gasteiger partial charge >= 0.3 is 0 Å². The molecule has 0 saturated carbocycles. The van der Waals surface area contributed by atoms with Crippen molar-refractivity contribution in [3.05, 3.63) is 18.5 Å². The number of nitrogens with one attached hydrogen (secondary N) is 2. The standard InChI is InChI=1S/C19H35N7O/c1-17(2)5-15-27-16-9-22-18(20-3)21-8-10-25-11-13-26(14-12-25)19-23-6-4-7-24-19/h4,6-7,17H,5,8-16H2,1-3H3,(H2,20,21,22). The van der Waals surface area contributed by atoms with Gasteiger partial charge in [-0.3, -0.25) is 9.89 Å². The lowest BCUT2D eigenvalue weighted by Crippen LogP contribution is -2.49. The van der Waals surface area contributed by atoms with Crippen molar-refractivity contribution in [3.8, 4) is 0 Å². The number of guanidine groups is 1. The summed E-state index contributed by atoms with van der Waals surface area (Å²) in [6.07, 6.45) is 4.70. The number of hydrogen-bond donors (Lipinski definition) is 2. The number of ether oxygens (including phenoxy) is 1. The zero-order valence-electron chi connectivity index (χ0n) is 17.0. The molecule has 2 N–H and O–H groups in total. The number of aromatic nitrogens is 2. The van der Waals surface area contributed by atoms with Crippen LogP contribution in [0.5, 0.6) is 0 Å². The van der Waals surface area contributed by atoms with Gasteiger partial charge in [0.15, 0.2) is 5.96 Å². The van der Waals surface area contributed by atoms with Crippen LogP contribution in [0.15, 0.2) is 23.5 Å². The number of hydrogen-bond acceptors (Lipinski definition) is 6. The molecular formula is C19H35N7O. The zero-order valence-corrected chi connectivity index (χ0v) is 17.0. The van der Waals surface area contributed by atoms with Gasteiger partial charge in [-0.05, 0) is 18.4 Å². The molecule has 0 amide bonds. The predicted octanol–water partition coefficient (Wildman–Crippen LogP) is 0.826. The van der Waals surface area contributed by atoms with Crippen molar-refractivity contribution in [2.75, 3.05) is 71.0 Å². The first-order chi connectivity index (χ1) is 13.2. The van der Waals surface area contributed by atoms with E-state index in [4.69, 9.17) is 4.74 Å². The molecule has 1 aliphatic rings. The van der Waals surface area contributed by atoms with Crippen LogP contribution >= 0.6 is 0 Å². The second-order valence-corrected chi connectivity index (χ2v) is 7.10. The van der Waals surface area contributed by atoms with Crippen molar-refractivity contribution in [2.45, 2.75) is 20.3 Å². The molecule has 1 saturated heterocycles. The quantitative estimate of drug-likeness (QED) is 0.355. The molecule has 1 aromatic heterocycles. The number of piperazine rings is 1. The van der Waals surface area contributed by atoms with E-state index in [1.54, 1.807) is 19.4 Å². The van der Waals surface area contributed by atoms with Crippen molar-refractivity contribution in [3.63, 3.8) is 0 Å².